The summed E-state index contributed by atoms with van der Waals surface area (Å²) in [7, 11) is 0. The topological polar surface area (TPSA) is 61.4 Å². The van der Waals surface area contributed by atoms with E-state index < -0.39 is 0 Å². The quantitative estimate of drug-likeness (QED) is 0.723. The molecule has 0 bridgehead atoms. The number of piperidine rings is 1. The molecule has 1 heterocycles. The Hall–Kier alpha value is -0.610. The van der Waals surface area contributed by atoms with E-state index in [1.807, 2.05) is 0 Å². The van der Waals surface area contributed by atoms with Crippen molar-refractivity contribution in [3.8, 4) is 0 Å². The Kier molecular flexibility index (Phi) is 5.64. The molecule has 0 aromatic heterocycles. The van der Waals surface area contributed by atoms with Crippen LogP contribution >= 0.6 is 0 Å². The number of hydrogen-bond donors (Lipinski definition) is 3. The zero-order valence-corrected chi connectivity index (χ0v) is 12.0. The van der Waals surface area contributed by atoms with Crippen molar-refractivity contribution in [1.82, 2.24) is 10.6 Å². The Morgan fingerprint density at radius 3 is 2.79 bits per heavy atom. The van der Waals surface area contributed by atoms with Crippen LogP contribution in [-0.2, 0) is 4.79 Å². The van der Waals surface area contributed by atoms with Gasteiger partial charge in [0.15, 0.2) is 0 Å². The van der Waals surface area contributed by atoms with Gasteiger partial charge in [0.1, 0.15) is 0 Å². The largest absolute Gasteiger partial charge is 0.391 e. The van der Waals surface area contributed by atoms with Crippen LogP contribution < -0.4 is 10.6 Å². The maximum atomic E-state index is 12.1. The summed E-state index contributed by atoms with van der Waals surface area (Å²) in [6, 6.07) is -0.0158. The lowest BCUT2D eigenvalue weighted by atomic mass is 9.85. The first-order valence-corrected chi connectivity index (χ1v) is 7.85. The van der Waals surface area contributed by atoms with Crippen molar-refractivity contribution in [2.45, 2.75) is 64.0 Å². The highest BCUT2D eigenvalue weighted by atomic mass is 16.3. The molecule has 1 aliphatic heterocycles. The summed E-state index contributed by atoms with van der Waals surface area (Å²) >= 11 is 0. The number of hydrogen-bond acceptors (Lipinski definition) is 3. The Morgan fingerprint density at radius 1 is 1.32 bits per heavy atom. The summed E-state index contributed by atoms with van der Waals surface area (Å²) in [6.45, 7) is 4.33. The Labute approximate surface area is 116 Å². The lowest BCUT2D eigenvalue weighted by Gasteiger charge is -2.31. The van der Waals surface area contributed by atoms with Gasteiger partial charge in [0.2, 0.25) is 5.91 Å². The average Bonchev–Trinajstić information content (AvgIpc) is 2.42. The van der Waals surface area contributed by atoms with Gasteiger partial charge in [-0.2, -0.15) is 0 Å². The minimum absolute atomic E-state index is 0.0158. The number of nitrogens with one attached hydrogen (secondary N) is 2. The van der Waals surface area contributed by atoms with Gasteiger partial charge in [-0.3, -0.25) is 4.79 Å². The molecule has 0 aromatic rings. The molecule has 4 heteroatoms. The molecular weight excluding hydrogens is 240 g/mol. The SMILES string of the molecule is CC(CC(=O)NC1CCCCC1O)C1CCCNC1. The molecule has 4 nitrogen and oxygen atoms in total. The number of amides is 1. The Morgan fingerprint density at radius 2 is 2.11 bits per heavy atom. The molecule has 4 unspecified atom stereocenters. The summed E-state index contributed by atoms with van der Waals surface area (Å²) in [5.41, 5.74) is 0. The molecule has 0 aromatic carbocycles. The molecular formula is C15H28N2O2. The first-order chi connectivity index (χ1) is 9.16. The predicted molar refractivity (Wildman–Crippen MR) is 75.8 cm³/mol. The van der Waals surface area contributed by atoms with E-state index in [2.05, 4.69) is 17.6 Å². The second-order valence-electron chi connectivity index (χ2n) is 6.31. The van der Waals surface area contributed by atoms with Gasteiger partial charge < -0.3 is 15.7 Å². The van der Waals surface area contributed by atoms with Crippen molar-refractivity contribution in [3.63, 3.8) is 0 Å². The fraction of sp³-hybridized carbons (Fsp3) is 0.933. The van der Waals surface area contributed by atoms with Crippen LogP contribution in [0.25, 0.3) is 0 Å². The monoisotopic (exact) mass is 268 g/mol. The van der Waals surface area contributed by atoms with Gasteiger partial charge in [0.25, 0.3) is 0 Å². The second-order valence-corrected chi connectivity index (χ2v) is 6.31. The van der Waals surface area contributed by atoms with E-state index in [9.17, 15) is 9.90 Å². The van der Waals surface area contributed by atoms with Gasteiger partial charge in [-0.05, 0) is 50.6 Å². The fourth-order valence-corrected chi connectivity index (χ4v) is 3.37. The standard InChI is InChI=1S/C15H28N2O2/c1-11(12-5-4-8-16-10-12)9-15(19)17-13-6-2-3-7-14(13)18/h11-14,16,18H,2-10H2,1H3,(H,17,19). The van der Waals surface area contributed by atoms with Crippen LogP contribution in [0.5, 0.6) is 0 Å². The zero-order chi connectivity index (χ0) is 13.7. The molecule has 2 fully saturated rings. The number of aliphatic hydroxyl groups is 1. The average molecular weight is 268 g/mol. The van der Waals surface area contributed by atoms with Gasteiger partial charge in [0, 0.05) is 6.42 Å². The summed E-state index contributed by atoms with van der Waals surface area (Å²) < 4.78 is 0. The third-order valence-corrected chi connectivity index (χ3v) is 4.72. The van der Waals surface area contributed by atoms with Gasteiger partial charge in [-0.1, -0.05) is 19.8 Å². The molecule has 19 heavy (non-hydrogen) atoms. The number of rotatable bonds is 4. The van der Waals surface area contributed by atoms with Gasteiger partial charge in [-0.15, -0.1) is 0 Å². The van der Waals surface area contributed by atoms with E-state index in [1.165, 1.54) is 12.8 Å². The molecule has 1 amide bonds. The van der Waals surface area contributed by atoms with Gasteiger partial charge in [-0.25, -0.2) is 0 Å². The first kappa shape index (κ1) is 14.8. The lowest BCUT2D eigenvalue weighted by Crippen LogP contribution is -2.46. The zero-order valence-electron chi connectivity index (χ0n) is 12.0. The van der Waals surface area contributed by atoms with Crippen molar-refractivity contribution >= 4 is 5.91 Å². The van der Waals surface area contributed by atoms with Crippen LogP contribution in [-0.4, -0.2) is 36.2 Å². The van der Waals surface area contributed by atoms with E-state index in [1.54, 1.807) is 0 Å². The van der Waals surface area contributed by atoms with E-state index in [0.717, 1.165) is 38.8 Å². The van der Waals surface area contributed by atoms with E-state index in [0.29, 0.717) is 18.3 Å². The first-order valence-electron chi connectivity index (χ1n) is 7.85. The Balaban J connectivity index is 1.73. The number of aliphatic hydroxyl groups excluding tert-OH is 1. The maximum absolute atomic E-state index is 12.1. The van der Waals surface area contributed by atoms with Crippen LogP contribution in [0.4, 0.5) is 0 Å². The number of carbonyl (C=O) groups excluding carboxylic acids is 1. The molecule has 2 rings (SSSR count). The highest BCUT2D eigenvalue weighted by Crippen LogP contribution is 2.23. The lowest BCUT2D eigenvalue weighted by molar-refractivity contribution is -0.124. The van der Waals surface area contributed by atoms with E-state index >= 15 is 0 Å². The van der Waals surface area contributed by atoms with Gasteiger partial charge >= 0.3 is 0 Å². The molecule has 0 radical (unpaired) electrons. The minimum atomic E-state index is -0.343. The smallest absolute Gasteiger partial charge is 0.220 e. The normalized spacial score (nSPS) is 33.7. The van der Waals surface area contributed by atoms with Crippen LogP contribution in [0.3, 0.4) is 0 Å². The maximum Gasteiger partial charge on any atom is 0.220 e. The van der Waals surface area contributed by atoms with Crippen molar-refractivity contribution in [3.05, 3.63) is 0 Å². The molecule has 3 N–H and O–H groups in total. The predicted octanol–water partition coefficient (Wildman–Crippen LogP) is 1.43. The highest BCUT2D eigenvalue weighted by Gasteiger charge is 2.26. The molecule has 1 aliphatic carbocycles. The molecule has 110 valence electrons. The molecule has 4 atom stereocenters. The van der Waals surface area contributed by atoms with Crippen molar-refractivity contribution in [2.75, 3.05) is 13.1 Å². The molecule has 2 aliphatic rings. The summed E-state index contributed by atoms with van der Waals surface area (Å²) in [6.07, 6.45) is 6.65. The van der Waals surface area contributed by atoms with Crippen molar-refractivity contribution in [2.24, 2.45) is 11.8 Å². The summed E-state index contributed by atoms with van der Waals surface area (Å²) in [5, 5.41) is 16.3. The molecule has 1 saturated carbocycles. The second kappa shape index (κ2) is 7.25. The molecule has 0 spiro atoms. The number of carbonyl (C=O) groups is 1. The van der Waals surface area contributed by atoms with Crippen LogP contribution in [0.15, 0.2) is 0 Å². The van der Waals surface area contributed by atoms with Crippen molar-refractivity contribution in [1.29, 1.82) is 0 Å². The van der Waals surface area contributed by atoms with Crippen LogP contribution in [0.2, 0.25) is 0 Å². The summed E-state index contributed by atoms with van der Waals surface area (Å²) in [4.78, 5) is 12.1. The molecule has 1 saturated heterocycles. The van der Waals surface area contributed by atoms with Crippen LogP contribution in [0, 0.1) is 11.8 Å². The van der Waals surface area contributed by atoms with E-state index in [-0.39, 0.29) is 18.1 Å². The van der Waals surface area contributed by atoms with E-state index in [4.69, 9.17) is 0 Å². The fourth-order valence-electron chi connectivity index (χ4n) is 3.37. The third-order valence-electron chi connectivity index (χ3n) is 4.72. The summed E-state index contributed by atoms with van der Waals surface area (Å²) in [5.74, 6) is 1.16. The van der Waals surface area contributed by atoms with Crippen LogP contribution in [0.1, 0.15) is 51.9 Å². The third kappa shape index (κ3) is 4.46. The minimum Gasteiger partial charge on any atom is -0.391 e. The Bertz CT molecular complexity index is 290. The van der Waals surface area contributed by atoms with Crippen molar-refractivity contribution < 1.29 is 9.90 Å². The highest BCUT2D eigenvalue weighted by molar-refractivity contribution is 5.76. The van der Waals surface area contributed by atoms with Gasteiger partial charge in [0.05, 0.1) is 12.1 Å².